The molecule has 0 aliphatic carbocycles. The molecule has 104 valence electrons. The molecule has 2 N–H and O–H groups in total. The minimum atomic E-state index is 0.108. The minimum absolute atomic E-state index is 0.108. The molecule has 1 heterocycles. The lowest BCUT2D eigenvalue weighted by Gasteiger charge is -2.30. The third kappa shape index (κ3) is 3.96. The van der Waals surface area contributed by atoms with Crippen LogP contribution in [0.25, 0.3) is 0 Å². The Morgan fingerprint density at radius 2 is 2.16 bits per heavy atom. The SMILES string of the molecule is CC(C)CNCc1ccccc1N1CCNC(=O)C1. The van der Waals surface area contributed by atoms with Gasteiger partial charge in [-0.2, -0.15) is 0 Å². The van der Waals surface area contributed by atoms with Crippen molar-refractivity contribution in [1.82, 2.24) is 10.6 Å². The van der Waals surface area contributed by atoms with Crippen LogP contribution in [0.15, 0.2) is 24.3 Å². The molecule has 0 radical (unpaired) electrons. The van der Waals surface area contributed by atoms with Gasteiger partial charge >= 0.3 is 0 Å². The third-order valence-electron chi connectivity index (χ3n) is 3.24. The van der Waals surface area contributed by atoms with Gasteiger partial charge in [-0.15, -0.1) is 0 Å². The van der Waals surface area contributed by atoms with Gasteiger partial charge in [0.2, 0.25) is 5.91 Å². The molecule has 0 saturated carbocycles. The number of para-hydroxylation sites is 1. The first-order valence-electron chi connectivity index (χ1n) is 6.97. The second kappa shape index (κ2) is 6.57. The molecule has 1 amide bonds. The summed E-state index contributed by atoms with van der Waals surface area (Å²) in [5.74, 6) is 0.754. The maximum absolute atomic E-state index is 11.5. The normalized spacial score (nSPS) is 15.7. The second-order valence-electron chi connectivity index (χ2n) is 5.42. The number of nitrogens with one attached hydrogen (secondary N) is 2. The zero-order chi connectivity index (χ0) is 13.7. The van der Waals surface area contributed by atoms with Crippen molar-refractivity contribution in [3.8, 4) is 0 Å². The molecule has 0 spiro atoms. The number of hydrogen-bond donors (Lipinski definition) is 2. The van der Waals surface area contributed by atoms with E-state index in [-0.39, 0.29) is 5.91 Å². The lowest BCUT2D eigenvalue weighted by Crippen LogP contribution is -2.48. The highest BCUT2D eigenvalue weighted by atomic mass is 16.2. The van der Waals surface area contributed by atoms with Gasteiger partial charge in [0.15, 0.2) is 0 Å². The highest BCUT2D eigenvalue weighted by Gasteiger charge is 2.18. The van der Waals surface area contributed by atoms with E-state index in [9.17, 15) is 4.79 Å². The van der Waals surface area contributed by atoms with Crippen LogP contribution >= 0.6 is 0 Å². The van der Waals surface area contributed by atoms with E-state index in [4.69, 9.17) is 0 Å². The van der Waals surface area contributed by atoms with Gasteiger partial charge in [-0.3, -0.25) is 4.79 Å². The number of hydrogen-bond acceptors (Lipinski definition) is 3. The van der Waals surface area contributed by atoms with E-state index in [2.05, 4.69) is 47.6 Å². The summed E-state index contributed by atoms with van der Waals surface area (Å²) in [6.45, 7) is 8.34. The molecule has 1 aliphatic heterocycles. The fourth-order valence-corrected chi connectivity index (χ4v) is 2.31. The highest BCUT2D eigenvalue weighted by Crippen LogP contribution is 2.20. The van der Waals surface area contributed by atoms with Crippen LogP contribution in [0.4, 0.5) is 5.69 Å². The Hall–Kier alpha value is -1.55. The summed E-state index contributed by atoms with van der Waals surface area (Å²) in [7, 11) is 0. The van der Waals surface area contributed by atoms with Crippen molar-refractivity contribution >= 4 is 11.6 Å². The predicted octanol–water partition coefficient (Wildman–Crippen LogP) is 1.37. The number of carbonyl (C=O) groups is 1. The van der Waals surface area contributed by atoms with Gasteiger partial charge in [0, 0.05) is 25.3 Å². The molecule has 19 heavy (non-hydrogen) atoms. The molecule has 1 aliphatic rings. The topological polar surface area (TPSA) is 44.4 Å². The number of carbonyl (C=O) groups excluding carboxylic acids is 1. The average molecular weight is 261 g/mol. The number of nitrogens with zero attached hydrogens (tertiary/aromatic N) is 1. The standard InChI is InChI=1S/C15H23N3O/c1-12(2)9-16-10-13-5-3-4-6-14(13)18-8-7-17-15(19)11-18/h3-6,12,16H,7-11H2,1-2H3,(H,17,19). The van der Waals surface area contributed by atoms with Crippen molar-refractivity contribution < 1.29 is 4.79 Å². The van der Waals surface area contributed by atoms with Crippen LogP contribution in [0.2, 0.25) is 0 Å². The maximum Gasteiger partial charge on any atom is 0.239 e. The first-order chi connectivity index (χ1) is 9.16. The summed E-state index contributed by atoms with van der Waals surface area (Å²) in [4.78, 5) is 13.7. The van der Waals surface area contributed by atoms with E-state index >= 15 is 0 Å². The molecule has 1 fully saturated rings. The van der Waals surface area contributed by atoms with Gasteiger partial charge in [-0.1, -0.05) is 32.0 Å². The number of anilines is 1. The van der Waals surface area contributed by atoms with Crippen LogP contribution in [0.5, 0.6) is 0 Å². The van der Waals surface area contributed by atoms with Gasteiger partial charge < -0.3 is 15.5 Å². The van der Waals surface area contributed by atoms with Gasteiger partial charge in [-0.05, 0) is 24.1 Å². The first kappa shape index (κ1) is 13.9. The summed E-state index contributed by atoms with van der Waals surface area (Å²) in [5.41, 5.74) is 2.44. The molecule has 0 atom stereocenters. The summed E-state index contributed by atoms with van der Waals surface area (Å²) in [6.07, 6.45) is 0. The van der Waals surface area contributed by atoms with Gasteiger partial charge in [0.25, 0.3) is 0 Å². The summed E-state index contributed by atoms with van der Waals surface area (Å²) < 4.78 is 0. The van der Waals surface area contributed by atoms with Crippen molar-refractivity contribution in [2.75, 3.05) is 31.1 Å². The van der Waals surface area contributed by atoms with E-state index in [0.717, 1.165) is 26.2 Å². The largest absolute Gasteiger partial charge is 0.360 e. The number of benzene rings is 1. The highest BCUT2D eigenvalue weighted by molar-refractivity contribution is 5.83. The van der Waals surface area contributed by atoms with Crippen molar-refractivity contribution in [2.45, 2.75) is 20.4 Å². The summed E-state index contributed by atoms with van der Waals surface area (Å²) in [6, 6.07) is 8.33. The van der Waals surface area contributed by atoms with E-state index in [1.807, 2.05) is 6.07 Å². The summed E-state index contributed by atoms with van der Waals surface area (Å²) >= 11 is 0. The lowest BCUT2D eigenvalue weighted by molar-refractivity contribution is -0.120. The van der Waals surface area contributed by atoms with E-state index in [1.165, 1.54) is 11.3 Å². The summed E-state index contributed by atoms with van der Waals surface area (Å²) in [5, 5.41) is 6.33. The molecule has 4 heteroatoms. The van der Waals surface area contributed by atoms with E-state index in [1.54, 1.807) is 0 Å². The molecule has 0 unspecified atom stereocenters. The van der Waals surface area contributed by atoms with Crippen LogP contribution in [-0.2, 0) is 11.3 Å². The van der Waals surface area contributed by atoms with Gasteiger partial charge in [0.05, 0.1) is 6.54 Å². The molecular formula is C15H23N3O. The number of piperazine rings is 1. The quantitative estimate of drug-likeness (QED) is 0.841. The number of rotatable bonds is 5. The zero-order valence-electron chi connectivity index (χ0n) is 11.8. The second-order valence-corrected chi connectivity index (χ2v) is 5.42. The van der Waals surface area contributed by atoms with Crippen LogP contribution in [0, 0.1) is 5.92 Å². The fourth-order valence-electron chi connectivity index (χ4n) is 2.31. The Bertz CT molecular complexity index is 431. The van der Waals surface area contributed by atoms with Crippen molar-refractivity contribution in [3.63, 3.8) is 0 Å². The van der Waals surface area contributed by atoms with Crippen molar-refractivity contribution in [2.24, 2.45) is 5.92 Å². The third-order valence-corrected chi connectivity index (χ3v) is 3.24. The lowest BCUT2D eigenvalue weighted by atomic mass is 10.1. The molecule has 4 nitrogen and oxygen atoms in total. The Balaban J connectivity index is 2.04. The maximum atomic E-state index is 11.5. The molecular weight excluding hydrogens is 238 g/mol. The average Bonchev–Trinajstić information content (AvgIpc) is 2.39. The smallest absolute Gasteiger partial charge is 0.239 e. The first-order valence-corrected chi connectivity index (χ1v) is 6.97. The van der Waals surface area contributed by atoms with Crippen molar-refractivity contribution in [3.05, 3.63) is 29.8 Å². The predicted molar refractivity (Wildman–Crippen MR) is 78.2 cm³/mol. The van der Waals surface area contributed by atoms with Gasteiger partial charge in [0.1, 0.15) is 0 Å². The molecule has 0 aromatic heterocycles. The zero-order valence-corrected chi connectivity index (χ0v) is 11.8. The monoisotopic (exact) mass is 261 g/mol. The van der Waals surface area contributed by atoms with Crippen LogP contribution < -0.4 is 15.5 Å². The fraction of sp³-hybridized carbons (Fsp3) is 0.533. The molecule has 1 aromatic rings. The molecule has 0 bridgehead atoms. The van der Waals surface area contributed by atoms with E-state index < -0.39 is 0 Å². The van der Waals surface area contributed by atoms with Crippen molar-refractivity contribution in [1.29, 1.82) is 0 Å². The Morgan fingerprint density at radius 1 is 1.37 bits per heavy atom. The molecule has 2 rings (SSSR count). The van der Waals surface area contributed by atoms with Crippen LogP contribution in [0.1, 0.15) is 19.4 Å². The van der Waals surface area contributed by atoms with E-state index in [0.29, 0.717) is 12.5 Å². The van der Waals surface area contributed by atoms with Crippen LogP contribution in [-0.4, -0.2) is 32.1 Å². The Morgan fingerprint density at radius 3 is 2.89 bits per heavy atom. The number of amides is 1. The van der Waals surface area contributed by atoms with Crippen LogP contribution in [0.3, 0.4) is 0 Å². The molecule has 1 aromatic carbocycles. The Labute approximate surface area is 115 Å². The van der Waals surface area contributed by atoms with Gasteiger partial charge in [-0.25, -0.2) is 0 Å². The minimum Gasteiger partial charge on any atom is -0.360 e. The molecule has 1 saturated heterocycles. The Kier molecular flexibility index (Phi) is 4.80.